The summed E-state index contributed by atoms with van der Waals surface area (Å²) in [6, 6.07) is 5.41. The second kappa shape index (κ2) is 8.14. The zero-order valence-electron chi connectivity index (χ0n) is 16.5. The van der Waals surface area contributed by atoms with Crippen molar-refractivity contribution in [2.24, 2.45) is 0 Å². The third-order valence-corrected chi connectivity index (χ3v) is 6.38. The summed E-state index contributed by atoms with van der Waals surface area (Å²) in [5.41, 5.74) is 5.55. The second-order valence-electron chi connectivity index (χ2n) is 8.19. The van der Waals surface area contributed by atoms with Gasteiger partial charge in [0.2, 0.25) is 0 Å². The first-order valence-corrected chi connectivity index (χ1v) is 13.4. The third kappa shape index (κ3) is 5.49. The summed E-state index contributed by atoms with van der Waals surface area (Å²) in [6.07, 6.45) is 0. The Labute approximate surface area is 161 Å². The average molecular weight is 424 g/mol. The maximum absolute atomic E-state index is 5.97. The standard InChI is InChI=1S/C19H30BrN3OSi/c1-13(2)17-18(16-10-14(3)21-15(4)11-16)23(22-19(17)20)12-24-8-9-25(5,6)7/h10-11,13H,8-9,12H2,1-7H3. The van der Waals surface area contributed by atoms with Crippen LogP contribution in [0.1, 0.15) is 36.7 Å². The van der Waals surface area contributed by atoms with Gasteiger partial charge in [-0.1, -0.05) is 33.5 Å². The van der Waals surface area contributed by atoms with Crippen molar-refractivity contribution >= 4 is 24.0 Å². The SMILES string of the molecule is Cc1cc(-c2c(C(C)C)c(Br)nn2COCC[Si](C)(C)C)cc(C)n1. The van der Waals surface area contributed by atoms with Crippen molar-refractivity contribution in [3.8, 4) is 11.3 Å². The van der Waals surface area contributed by atoms with Crippen molar-refractivity contribution in [1.82, 2.24) is 14.8 Å². The lowest BCUT2D eigenvalue weighted by atomic mass is 9.99. The van der Waals surface area contributed by atoms with Crippen LogP contribution < -0.4 is 0 Å². The molecule has 0 saturated carbocycles. The van der Waals surface area contributed by atoms with Crippen LogP contribution in [0, 0.1) is 13.8 Å². The molecule has 2 heterocycles. The summed E-state index contributed by atoms with van der Waals surface area (Å²) >= 11 is 3.65. The van der Waals surface area contributed by atoms with E-state index in [0.717, 1.165) is 39.9 Å². The van der Waals surface area contributed by atoms with E-state index in [4.69, 9.17) is 9.84 Å². The molecule has 0 spiro atoms. The minimum absolute atomic E-state index is 0.369. The largest absolute Gasteiger partial charge is 0.360 e. The fourth-order valence-electron chi connectivity index (χ4n) is 2.86. The van der Waals surface area contributed by atoms with Crippen molar-refractivity contribution in [2.75, 3.05) is 6.61 Å². The molecule has 0 atom stereocenters. The van der Waals surface area contributed by atoms with Crippen molar-refractivity contribution in [1.29, 1.82) is 0 Å². The number of rotatable bonds is 7. The second-order valence-corrected chi connectivity index (χ2v) is 14.6. The van der Waals surface area contributed by atoms with Crippen LogP contribution in [-0.2, 0) is 11.5 Å². The lowest BCUT2D eigenvalue weighted by molar-refractivity contribution is 0.0795. The lowest BCUT2D eigenvalue weighted by Crippen LogP contribution is -2.22. The van der Waals surface area contributed by atoms with E-state index in [1.54, 1.807) is 0 Å². The summed E-state index contributed by atoms with van der Waals surface area (Å²) in [5, 5.41) is 4.70. The van der Waals surface area contributed by atoms with Gasteiger partial charge in [-0.2, -0.15) is 5.10 Å². The first-order valence-electron chi connectivity index (χ1n) is 8.88. The van der Waals surface area contributed by atoms with Gasteiger partial charge in [0.1, 0.15) is 11.3 Å². The Bertz CT molecular complexity index is 715. The summed E-state index contributed by atoms with van der Waals surface area (Å²) in [5.74, 6) is 0.369. The van der Waals surface area contributed by atoms with Gasteiger partial charge in [-0.3, -0.25) is 4.98 Å². The van der Waals surface area contributed by atoms with Crippen LogP contribution in [0.15, 0.2) is 16.7 Å². The fourth-order valence-corrected chi connectivity index (χ4v) is 4.45. The molecular weight excluding hydrogens is 394 g/mol. The summed E-state index contributed by atoms with van der Waals surface area (Å²) < 4.78 is 8.85. The topological polar surface area (TPSA) is 39.9 Å². The van der Waals surface area contributed by atoms with Crippen LogP contribution >= 0.6 is 15.9 Å². The maximum Gasteiger partial charge on any atom is 0.140 e. The number of ether oxygens (including phenoxy) is 1. The number of hydrogen-bond acceptors (Lipinski definition) is 3. The Morgan fingerprint density at radius 3 is 2.28 bits per heavy atom. The third-order valence-electron chi connectivity index (χ3n) is 4.09. The average Bonchev–Trinajstić information content (AvgIpc) is 2.78. The molecule has 0 radical (unpaired) electrons. The molecule has 0 aliphatic rings. The smallest absolute Gasteiger partial charge is 0.140 e. The van der Waals surface area contributed by atoms with Crippen molar-refractivity contribution in [3.63, 3.8) is 0 Å². The molecule has 0 saturated heterocycles. The van der Waals surface area contributed by atoms with E-state index in [2.05, 4.69) is 66.5 Å². The van der Waals surface area contributed by atoms with Crippen LogP contribution in [0.2, 0.25) is 25.7 Å². The number of pyridine rings is 1. The van der Waals surface area contributed by atoms with Crippen LogP contribution in [0.3, 0.4) is 0 Å². The lowest BCUT2D eigenvalue weighted by Gasteiger charge is -2.16. The first-order chi connectivity index (χ1) is 11.6. The Hall–Kier alpha value is -0.983. The van der Waals surface area contributed by atoms with Gasteiger partial charge in [-0.25, -0.2) is 4.68 Å². The highest BCUT2D eigenvalue weighted by atomic mass is 79.9. The summed E-state index contributed by atoms with van der Waals surface area (Å²) in [4.78, 5) is 4.51. The minimum atomic E-state index is -1.08. The Kier molecular flexibility index (Phi) is 6.62. The van der Waals surface area contributed by atoms with E-state index in [0.29, 0.717) is 12.6 Å². The van der Waals surface area contributed by atoms with E-state index in [9.17, 15) is 0 Å². The van der Waals surface area contributed by atoms with Gasteiger partial charge in [0.25, 0.3) is 0 Å². The molecule has 0 fully saturated rings. The number of hydrogen-bond donors (Lipinski definition) is 0. The monoisotopic (exact) mass is 423 g/mol. The number of aromatic nitrogens is 3. The van der Waals surface area contributed by atoms with Gasteiger partial charge >= 0.3 is 0 Å². The van der Waals surface area contributed by atoms with Crippen molar-refractivity contribution < 1.29 is 4.74 Å². The van der Waals surface area contributed by atoms with Gasteiger partial charge in [-0.05, 0) is 53.9 Å². The molecule has 2 rings (SSSR count). The van der Waals surface area contributed by atoms with E-state index in [1.165, 1.54) is 5.56 Å². The molecule has 25 heavy (non-hydrogen) atoms. The van der Waals surface area contributed by atoms with Gasteiger partial charge in [-0.15, -0.1) is 0 Å². The molecule has 0 aliphatic heterocycles. The molecule has 0 aliphatic carbocycles. The van der Waals surface area contributed by atoms with E-state index < -0.39 is 8.07 Å². The highest BCUT2D eigenvalue weighted by Crippen LogP contribution is 2.35. The molecule has 0 aromatic carbocycles. The van der Waals surface area contributed by atoms with Crippen LogP contribution in [0.25, 0.3) is 11.3 Å². The quantitative estimate of drug-likeness (QED) is 0.419. The molecule has 2 aromatic rings. The number of aryl methyl sites for hydroxylation is 2. The molecule has 0 unspecified atom stereocenters. The molecule has 4 nitrogen and oxygen atoms in total. The summed E-state index contributed by atoms with van der Waals surface area (Å²) in [7, 11) is -1.08. The zero-order valence-corrected chi connectivity index (χ0v) is 19.1. The van der Waals surface area contributed by atoms with Gasteiger partial charge in [0.05, 0.1) is 5.69 Å². The summed E-state index contributed by atoms with van der Waals surface area (Å²) in [6.45, 7) is 16.8. The van der Waals surface area contributed by atoms with E-state index in [1.807, 2.05) is 18.5 Å². The molecule has 0 amide bonds. The predicted octanol–water partition coefficient (Wildman–Crippen LogP) is 5.76. The Balaban J connectivity index is 2.35. The zero-order chi connectivity index (χ0) is 18.8. The van der Waals surface area contributed by atoms with Crippen LogP contribution in [0.4, 0.5) is 0 Å². The van der Waals surface area contributed by atoms with Crippen molar-refractivity contribution in [2.45, 2.75) is 66.0 Å². The highest BCUT2D eigenvalue weighted by molar-refractivity contribution is 9.10. The Morgan fingerprint density at radius 2 is 1.76 bits per heavy atom. The van der Waals surface area contributed by atoms with Crippen molar-refractivity contribution in [3.05, 3.63) is 33.7 Å². The van der Waals surface area contributed by atoms with Gasteiger partial charge in [0, 0.05) is 37.2 Å². The van der Waals surface area contributed by atoms with Gasteiger partial charge in [0.15, 0.2) is 0 Å². The van der Waals surface area contributed by atoms with Crippen LogP contribution in [0.5, 0.6) is 0 Å². The normalized spacial score (nSPS) is 12.2. The molecule has 138 valence electrons. The Morgan fingerprint density at radius 1 is 1.16 bits per heavy atom. The highest BCUT2D eigenvalue weighted by Gasteiger charge is 2.21. The predicted molar refractivity (Wildman–Crippen MR) is 111 cm³/mol. The van der Waals surface area contributed by atoms with E-state index >= 15 is 0 Å². The molecule has 0 N–H and O–H groups in total. The molecule has 0 bridgehead atoms. The van der Waals surface area contributed by atoms with Gasteiger partial charge < -0.3 is 4.74 Å². The molecule has 6 heteroatoms. The number of halogens is 1. The fraction of sp³-hybridized carbons (Fsp3) is 0.579. The first kappa shape index (κ1) is 20.3. The van der Waals surface area contributed by atoms with Crippen LogP contribution in [-0.4, -0.2) is 29.4 Å². The molecule has 2 aromatic heterocycles. The minimum Gasteiger partial charge on any atom is -0.360 e. The maximum atomic E-state index is 5.97. The molecular formula is C19H30BrN3OSi. The van der Waals surface area contributed by atoms with E-state index in [-0.39, 0.29) is 0 Å². The number of nitrogens with zero attached hydrogens (tertiary/aromatic N) is 3.